The average molecular weight is 420 g/mol. The molecule has 31 heavy (non-hydrogen) atoms. The summed E-state index contributed by atoms with van der Waals surface area (Å²) in [7, 11) is 1.71. The molecule has 1 saturated carbocycles. The number of amides is 1. The van der Waals surface area contributed by atoms with Crippen molar-refractivity contribution in [1.29, 1.82) is 0 Å². The maximum Gasteiger partial charge on any atom is 0.225 e. The third-order valence-corrected chi connectivity index (χ3v) is 7.66. The third kappa shape index (κ3) is 4.20. The molecule has 5 heteroatoms. The Labute approximate surface area is 185 Å². The van der Waals surface area contributed by atoms with Gasteiger partial charge in [-0.05, 0) is 49.1 Å². The molecule has 1 amide bonds. The Balaban J connectivity index is 1.38. The van der Waals surface area contributed by atoms with Crippen LogP contribution in [0.25, 0.3) is 0 Å². The topological polar surface area (TPSA) is 45.7 Å². The molecule has 2 aromatic rings. The fourth-order valence-corrected chi connectivity index (χ4v) is 6.03. The highest BCUT2D eigenvalue weighted by atomic mass is 16.5. The summed E-state index contributed by atoms with van der Waals surface area (Å²) in [4.78, 5) is 22.8. The van der Waals surface area contributed by atoms with Crippen LogP contribution in [-0.2, 0) is 11.3 Å². The van der Waals surface area contributed by atoms with E-state index in [1.807, 2.05) is 12.3 Å². The minimum Gasteiger partial charge on any atom is -0.497 e. The number of methoxy groups -OCH3 is 1. The fraction of sp³-hybridized carbons (Fsp3) is 0.538. The predicted molar refractivity (Wildman–Crippen MR) is 121 cm³/mol. The number of piperidine rings is 1. The average Bonchev–Trinajstić information content (AvgIpc) is 3.48. The Morgan fingerprint density at radius 1 is 1.06 bits per heavy atom. The number of fused-ring (bicyclic) bond motifs is 1. The van der Waals surface area contributed by atoms with Crippen LogP contribution in [0.2, 0.25) is 0 Å². The van der Waals surface area contributed by atoms with E-state index in [1.54, 1.807) is 7.11 Å². The zero-order valence-corrected chi connectivity index (χ0v) is 18.5. The standard InChI is InChI=1S/C26H33N3O2/c1-31-22-11-9-19(10-12-22)23-18-29(26(30)20-6-2-3-7-20)25-13-15-28(17-24(23)25)16-21-8-4-5-14-27-21/h4-5,8-12,14,20,23-25H,2-3,6-7,13,15-18H2,1H3/t23-,24-,25-/m1/s1. The van der Waals surface area contributed by atoms with Gasteiger partial charge in [-0.2, -0.15) is 0 Å². The van der Waals surface area contributed by atoms with Crippen molar-refractivity contribution < 1.29 is 9.53 Å². The second kappa shape index (κ2) is 8.99. The molecule has 0 N–H and O–H groups in total. The van der Waals surface area contributed by atoms with Gasteiger partial charge in [0, 0.05) is 56.2 Å². The van der Waals surface area contributed by atoms with Gasteiger partial charge in [0.05, 0.1) is 12.8 Å². The number of carbonyl (C=O) groups is 1. The van der Waals surface area contributed by atoms with E-state index < -0.39 is 0 Å². The van der Waals surface area contributed by atoms with Gasteiger partial charge in [0.15, 0.2) is 0 Å². The van der Waals surface area contributed by atoms with Crippen LogP contribution in [0.1, 0.15) is 49.3 Å². The lowest BCUT2D eigenvalue weighted by atomic mass is 9.81. The van der Waals surface area contributed by atoms with Crippen LogP contribution < -0.4 is 4.74 Å². The van der Waals surface area contributed by atoms with Crippen molar-refractivity contribution in [3.05, 3.63) is 59.9 Å². The van der Waals surface area contributed by atoms with Gasteiger partial charge in [0.2, 0.25) is 5.91 Å². The van der Waals surface area contributed by atoms with Crippen LogP contribution >= 0.6 is 0 Å². The van der Waals surface area contributed by atoms with Gasteiger partial charge in [-0.1, -0.05) is 31.0 Å². The first-order valence-corrected chi connectivity index (χ1v) is 11.8. The first kappa shape index (κ1) is 20.5. The summed E-state index contributed by atoms with van der Waals surface area (Å²) in [6.45, 7) is 3.79. The highest BCUT2D eigenvalue weighted by Gasteiger charge is 2.48. The molecule has 0 radical (unpaired) electrons. The number of rotatable bonds is 5. The SMILES string of the molecule is COc1ccc([C@H]2CN(C(=O)C3CCCC3)[C@@H]3CCN(Cc4ccccn4)C[C@H]23)cc1. The first-order valence-electron chi connectivity index (χ1n) is 11.8. The molecular weight excluding hydrogens is 386 g/mol. The van der Waals surface area contributed by atoms with Crippen molar-refractivity contribution >= 4 is 5.91 Å². The van der Waals surface area contributed by atoms with Gasteiger partial charge in [0.25, 0.3) is 0 Å². The van der Waals surface area contributed by atoms with E-state index in [0.717, 1.165) is 56.9 Å². The van der Waals surface area contributed by atoms with E-state index in [-0.39, 0.29) is 5.92 Å². The van der Waals surface area contributed by atoms with Crippen molar-refractivity contribution in [2.45, 2.75) is 50.6 Å². The molecule has 0 spiro atoms. The van der Waals surface area contributed by atoms with Gasteiger partial charge < -0.3 is 9.64 Å². The molecule has 0 bridgehead atoms. The van der Waals surface area contributed by atoms with E-state index in [1.165, 1.54) is 18.4 Å². The maximum absolute atomic E-state index is 13.4. The van der Waals surface area contributed by atoms with Crippen molar-refractivity contribution in [3.8, 4) is 5.75 Å². The molecule has 2 aliphatic heterocycles. The summed E-state index contributed by atoms with van der Waals surface area (Å²) < 4.78 is 5.37. The summed E-state index contributed by atoms with van der Waals surface area (Å²) >= 11 is 0. The minimum absolute atomic E-state index is 0.252. The van der Waals surface area contributed by atoms with E-state index in [2.05, 4.69) is 51.2 Å². The second-order valence-corrected chi connectivity index (χ2v) is 9.43. The fourth-order valence-electron chi connectivity index (χ4n) is 6.03. The normalized spacial score (nSPS) is 26.7. The summed E-state index contributed by atoms with van der Waals surface area (Å²) in [6, 6.07) is 15.0. The summed E-state index contributed by atoms with van der Waals surface area (Å²) in [5.41, 5.74) is 2.45. The monoisotopic (exact) mass is 419 g/mol. The van der Waals surface area contributed by atoms with Gasteiger partial charge in [-0.15, -0.1) is 0 Å². The number of nitrogens with zero attached hydrogens (tertiary/aromatic N) is 3. The predicted octanol–water partition coefficient (Wildman–Crippen LogP) is 4.10. The van der Waals surface area contributed by atoms with Crippen LogP contribution in [0.3, 0.4) is 0 Å². The van der Waals surface area contributed by atoms with Gasteiger partial charge in [-0.25, -0.2) is 0 Å². The van der Waals surface area contributed by atoms with E-state index in [9.17, 15) is 4.79 Å². The van der Waals surface area contributed by atoms with E-state index in [4.69, 9.17) is 4.74 Å². The number of hydrogen-bond donors (Lipinski definition) is 0. The Bertz CT molecular complexity index is 879. The van der Waals surface area contributed by atoms with Crippen molar-refractivity contribution in [1.82, 2.24) is 14.8 Å². The molecule has 3 aliphatic rings. The largest absolute Gasteiger partial charge is 0.497 e. The number of carbonyl (C=O) groups excluding carboxylic acids is 1. The van der Waals surface area contributed by atoms with Gasteiger partial charge in [0.1, 0.15) is 5.75 Å². The molecule has 1 aromatic heterocycles. The molecule has 5 nitrogen and oxygen atoms in total. The number of ether oxygens (including phenoxy) is 1. The summed E-state index contributed by atoms with van der Waals surface area (Å²) in [6.07, 6.45) is 7.50. The second-order valence-electron chi connectivity index (χ2n) is 9.43. The number of hydrogen-bond acceptors (Lipinski definition) is 4. The third-order valence-electron chi connectivity index (χ3n) is 7.66. The number of likely N-dealkylation sites (tertiary alicyclic amines) is 2. The lowest BCUT2D eigenvalue weighted by Gasteiger charge is -2.39. The van der Waals surface area contributed by atoms with Crippen LogP contribution in [0.15, 0.2) is 48.7 Å². The highest BCUT2D eigenvalue weighted by Crippen LogP contribution is 2.43. The van der Waals surface area contributed by atoms with E-state index in [0.29, 0.717) is 23.8 Å². The Kier molecular flexibility index (Phi) is 5.95. The lowest BCUT2D eigenvalue weighted by Crippen LogP contribution is -2.48. The number of pyridine rings is 1. The van der Waals surface area contributed by atoms with Crippen molar-refractivity contribution in [3.63, 3.8) is 0 Å². The molecule has 2 saturated heterocycles. The highest BCUT2D eigenvalue weighted by molar-refractivity contribution is 5.80. The molecule has 3 fully saturated rings. The van der Waals surface area contributed by atoms with Crippen LogP contribution in [0.4, 0.5) is 0 Å². The van der Waals surface area contributed by atoms with Crippen LogP contribution in [0.5, 0.6) is 5.75 Å². The molecule has 1 aliphatic carbocycles. The molecule has 1 aromatic carbocycles. The van der Waals surface area contributed by atoms with Gasteiger partial charge >= 0.3 is 0 Å². The minimum atomic E-state index is 0.252. The zero-order valence-electron chi connectivity index (χ0n) is 18.5. The lowest BCUT2D eigenvalue weighted by molar-refractivity contribution is -0.137. The van der Waals surface area contributed by atoms with E-state index >= 15 is 0 Å². The smallest absolute Gasteiger partial charge is 0.225 e. The van der Waals surface area contributed by atoms with Gasteiger partial charge in [-0.3, -0.25) is 14.7 Å². The zero-order chi connectivity index (χ0) is 21.2. The molecule has 5 rings (SSSR count). The Hall–Kier alpha value is -2.40. The number of benzene rings is 1. The molecular formula is C26H33N3O2. The molecule has 3 heterocycles. The van der Waals surface area contributed by atoms with Crippen LogP contribution in [0, 0.1) is 11.8 Å². The summed E-state index contributed by atoms with van der Waals surface area (Å²) in [5, 5.41) is 0. The van der Waals surface area contributed by atoms with Crippen molar-refractivity contribution in [2.24, 2.45) is 11.8 Å². The van der Waals surface area contributed by atoms with Crippen molar-refractivity contribution in [2.75, 3.05) is 26.7 Å². The van der Waals surface area contributed by atoms with Crippen LogP contribution in [-0.4, -0.2) is 53.5 Å². The Morgan fingerprint density at radius 3 is 2.58 bits per heavy atom. The molecule has 0 unspecified atom stereocenters. The molecule has 164 valence electrons. The maximum atomic E-state index is 13.4. The number of aromatic nitrogens is 1. The summed E-state index contributed by atoms with van der Waals surface area (Å²) in [5.74, 6) is 2.41. The first-order chi connectivity index (χ1) is 15.2. The quantitative estimate of drug-likeness (QED) is 0.732. The molecule has 3 atom stereocenters. The Morgan fingerprint density at radius 2 is 1.87 bits per heavy atom.